The molecule has 1 aliphatic heterocycles. The van der Waals surface area contributed by atoms with E-state index in [1.807, 2.05) is 6.92 Å². The van der Waals surface area contributed by atoms with Gasteiger partial charge < -0.3 is 5.32 Å². The normalized spacial score (nSPS) is 18.3. The predicted octanol–water partition coefficient (Wildman–Crippen LogP) is 2.71. The highest BCUT2D eigenvalue weighted by Gasteiger charge is 2.21. The number of amides is 1. The maximum absolute atomic E-state index is 13.5. The zero-order chi connectivity index (χ0) is 14.4. The molecule has 110 valence electrons. The van der Waals surface area contributed by atoms with Crippen molar-refractivity contribution in [3.63, 3.8) is 0 Å². The van der Waals surface area contributed by atoms with Gasteiger partial charge in [-0.3, -0.25) is 9.69 Å². The SMILES string of the molecule is CC(C(=O)NCc1ccccc1F)N1CCCCCC1. The van der Waals surface area contributed by atoms with Crippen molar-refractivity contribution in [1.29, 1.82) is 0 Å². The monoisotopic (exact) mass is 278 g/mol. The number of benzene rings is 1. The Bertz CT molecular complexity index is 442. The van der Waals surface area contributed by atoms with Gasteiger partial charge in [0.15, 0.2) is 0 Å². The van der Waals surface area contributed by atoms with E-state index in [4.69, 9.17) is 0 Å². The maximum Gasteiger partial charge on any atom is 0.237 e. The minimum absolute atomic E-state index is 0.0184. The Labute approximate surface area is 120 Å². The molecular formula is C16H23FN2O. The number of hydrogen-bond acceptors (Lipinski definition) is 2. The highest BCUT2D eigenvalue weighted by Crippen LogP contribution is 2.13. The Morgan fingerprint density at radius 1 is 1.25 bits per heavy atom. The molecule has 0 aliphatic carbocycles. The first-order valence-corrected chi connectivity index (χ1v) is 7.43. The van der Waals surface area contributed by atoms with Crippen LogP contribution >= 0.6 is 0 Å². The summed E-state index contributed by atoms with van der Waals surface area (Å²) in [7, 11) is 0. The number of halogens is 1. The molecule has 3 nitrogen and oxygen atoms in total. The van der Waals surface area contributed by atoms with Crippen LogP contribution in [0.4, 0.5) is 4.39 Å². The number of likely N-dealkylation sites (tertiary alicyclic amines) is 1. The van der Waals surface area contributed by atoms with E-state index in [0.717, 1.165) is 25.9 Å². The lowest BCUT2D eigenvalue weighted by Gasteiger charge is -2.26. The van der Waals surface area contributed by atoms with Gasteiger partial charge in [-0.25, -0.2) is 4.39 Å². The summed E-state index contributed by atoms with van der Waals surface area (Å²) < 4.78 is 13.5. The number of carbonyl (C=O) groups excluding carboxylic acids is 1. The summed E-state index contributed by atoms with van der Waals surface area (Å²) in [6.07, 6.45) is 4.82. The number of rotatable bonds is 4. The van der Waals surface area contributed by atoms with Crippen LogP contribution in [0.2, 0.25) is 0 Å². The zero-order valence-corrected chi connectivity index (χ0v) is 12.1. The summed E-state index contributed by atoms with van der Waals surface area (Å²) in [6, 6.07) is 6.41. The van der Waals surface area contributed by atoms with Crippen molar-refractivity contribution in [2.45, 2.75) is 45.2 Å². The average Bonchev–Trinajstić information content (AvgIpc) is 2.74. The Morgan fingerprint density at radius 2 is 1.90 bits per heavy atom. The van der Waals surface area contributed by atoms with E-state index in [9.17, 15) is 9.18 Å². The number of nitrogens with zero attached hydrogens (tertiary/aromatic N) is 1. The predicted molar refractivity (Wildman–Crippen MR) is 77.7 cm³/mol. The van der Waals surface area contributed by atoms with Gasteiger partial charge in [-0.15, -0.1) is 0 Å². The third-order valence-electron chi connectivity index (χ3n) is 3.98. The summed E-state index contributed by atoms with van der Waals surface area (Å²) in [4.78, 5) is 14.4. The van der Waals surface area contributed by atoms with E-state index in [2.05, 4.69) is 10.2 Å². The van der Waals surface area contributed by atoms with Gasteiger partial charge in [0.05, 0.1) is 6.04 Å². The molecule has 1 aromatic carbocycles. The lowest BCUT2D eigenvalue weighted by Crippen LogP contribution is -2.45. The molecule has 1 unspecified atom stereocenters. The van der Waals surface area contributed by atoms with Crippen molar-refractivity contribution in [1.82, 2.24) is 10.2 Å². The van der Waals surface area contributed by atoms with E-state index < -0.39 is 0 Å². The fraction of sp³-hybridized carbons (Fsp3) is 0.562. The first-order valence-electron chi connectivity index (χ1n) is 7.43. The average molecular weight is 278 g/mol. The van der Waals surface area contributed by atoms with Gasteiger partial charge in [0, 0.05) is 12.1 Å². The molecule has 1 aromatic rings. The van der Waals surface area contributed by atoms with Crippen LogP contribution in [-0.2, 0) is 11.3 Å². The summed E-state index contributed by atoms with van der Waals surface area (Å²) in [5.41, 5.74) is 0.531. The molecule has 1 N–H and O–H groups in total. The summed E-state index contributed by atoms with van der Waals surface area (Å²) in [6.45, 7) is 4.15. The largest absolute Gasteiger partial charge is 0.351 e. The van der Waals surface area contributed by atoms with Gasteiger partial charge >= 0.3 is 0 Å². The van der Waals surface area contributed by atoms with Crippen molar-refractivity contribution in [2.75, 3.05) is 13.1 Å². The third kappa shape index (κ3) is 4.04. The molecule has 1 fully saturated rings. The summed E-state index contributed by atoms with van der Waals surface area (Å²) >= 11 is 0. The van der Waals surface area contributed by atoms with Gasteiger partial charge in [0.1, 0.15) is 5.82 Å². The highest BCUT2D eigenvalue weighted by molar-refractivity contribution is 5.81. The summed E-state index contributed by atoms with van der Waals surface area (Å²) in [5, 5.41) is 2.84. The van der Waals surface area contributed by atoms with Gasteiger partial charge in [-0.2, -0.15) is 0 Å². The second kappa shape index (κ2) is 7.39. The van der Waals surface area contributed by atoms with E-state index in [1.165, 1.54) is 18.9 Å². The number of hydrogen-bond donors (Lipinski definition) is 1. The van der Waals surface area contributed by atoms with Crippen LogP contribution in [0.1, 0.15) is 38.2 Å². The molecule has 0 aromatic heterocycles. The van der Waals surface area contributed by atoms with E-state index in [0.29, 0.717) is 5.56 Å². The molecule has 1 saturated heterocycles. The molecule has 0 bridgehead atoms. The van der Waals surface area contributed by atoms with Gasteiger partial charge in [-0.1, -0.05) is 31.0 Å². The van der Waals surface area contributed by atoms with E-state index in [1.54, 1.807) is 18.2 Å². The minimum Gasteiger partial charge on any atom is -0.351 e. The van der Waals surface area contributed by atoms with Crippen LogP contribution in [0.3, 0.4) is 0 Å². The van der Waals surface area contributed by atoms with Crippen LogP contribution in [0.5, 0.6) is 0 Å². The van der Waals surface area contributed by atoms with Crippen molar-refractivity contribution >= 4 is 5.91 Å². The Hall–Kier alpha value is -1.42. The molecule has 2 rings (SSSR count). The fourth-order valence-corrected chi connectivity index (χ4v) is 2.62. The number of nitrogens with one attached hydrogen (secondary N) is 1. The van der Waals surface area contributed by atoms with E-state index in [-0.39, 0.29) is 24.3 Å². The second-order valence-electron chi connectivity index (χ2n) is 5.44. The zero-order valence-electron chi connectivity index (χ0n) is 12.1. The second-order valence-corrected chi connectivity index (χ2v) is 5.44. The molecule has 0 spiro atoms. The summed E-state index contributed by atoms with van der Waals surface area (Å²) in [5.74, 6) is -0.287. The Kier molecular flexibility index (Phi) is 5.53. The first kappa shape index (κ1) is 15.0. The van der Waals surface area contributed by atoms with Crippen molar-refractivity contribution < 1.29 is 9.18 Å². The van der Waals surface area contributed by atoms with Crippen LogP contribution in [0.25, 0.3) is 0 Å². The van der Waals surface area contributed by atoms with E-state index >= 15 is 0 Å². The quantitative estimate of drug-likeness (QED) is 0.918. The van der Waals surface area contributed by atoms with Crippen molar-refractivity contribution in [2.24, 2.45) is 0 Å². The van der Waals surface area contributed by atoms with Crippen molar-refractivity contribution in [3.05, 3.63) is 35.6 Å². The van der Waals surface area contributed by atoms with Crippen molar-refractivity contribution in [3.8, 4) is 0 Å². The minimum atomic E-state index is -0.268. The molecule has 1 heterocycles. The van der Waals surface area contributed by atoms with Gasteiger partial charge in [-0.05, 0) is 38.9 Å². The molecule has 1 atom stereocenters. The lowest BCUT2D eigenvalue weighted by atomic mass is 10.2. The molecule has 4 heteroatoms. The third-order valence-corrected chi connectivity index (χ3v) is 3.98. The van der Waals surface area contributed by atoms with Crippen LogP contribution in [-0.4, -0.2) is 29.9 Å². The maximum atomic E-state index is 13.5. The van der Waals surface area contributed by atoms with Crippen LogP contribution in [0, 0.1) is 5.82 Å². The van der Waals surface area contributed by atoms with Gasteiger partial charge in [0.25, 0.3) is 0 Å². The molecular weight excluding hydrogens is 255 g/mol. The molecule has 1 amide bonds. The highest BCUT2D eigenvalue weighted by atomic mass is 19.1. The first-order chi connectivity index (χ1) is 9.68. The Morgan fingerprint density at radius 3 is 2.55 bits per heavy atom. The van der Waals surface area contributed by atoms with Crippen LogP contribution < -0.4 is 5.32 Å². The lowest BCUT2D eigenvalue weighted by molar-refractivity contribution is -0.126. The topological polar surface area (TPSA) is 32.3 Å². The standard InChI is InChI=1S/C16H23FN2O/c1-13(19-10-6-2-3-7-11-19)16(20)18-12-14-8-4-5-9-15(14)17/h4-5,8-9,13H,2-3,6-7,10-12H2,1H3,(H,18,20). The number of carbonyl (C=O) groups is 1. The molecule has 20 heavy (non-hydrogen) atoms. The van der Waals surface area contributed by atoms with Gasteiger partial charge in [0.2, 0.25) is 5.91 Å². The molecule has 0 saturated carbocycles. The Balaban J connectivity index is 1.86. The smallest absolute Gasteiger partial charge is 0.237 e. The fourth-order valence-electron chi connectivity index (χ4n) is 2.62. The van der Waals surface area contributed by atoms with Crippen LogP contribution in [0.15, 0.2) is 24.3 Å². The molecule has 1 aliphatic rings. The molecule has 0 radical (unpaired) electrons.